The molecule has 0 aliphatic rings. The minimum atomic E-state index is -3.86. The van der Waals surface area contributed by atoms with Gasteiger partial charge in [0.2, 0.25) is 10.0 Å². The van der Waals surface area contributed by atoms with Crippen LogP contribution in [0.15, 0.2) is 59.6 Å². The fourth-order valence-electron chi connectivity index (χ4n) is 3.01. The summed E-state index contributed by atoms with van der Waals surface area (Å²) in [5.74, 6) is 3.83. The molecule has 0 saturated carbocycles. The van der Waals surface area contributed by atoms with Crippen molar-refractivity contribution in [1.82, 2.24) is 4.98 Å². The van der Waals surface area contributed by atoms with E-state index in [4.69, 9.17) is 16.6 Å². The molecule has 1 amide bonds. The third kappa shape index (κ3) is 4.92. The van der Waals surface area contributed by atoms with Crippen LogP contribution in [0.2, 0.25) is 0 Å². The summed E-state index contributed by atoms with van der Waals surface area (Å²) in [5.41, 5.74) is 13.5. The van der Waals surface area contributed by atoms with E-state index < -0.39 is 21.9 Å². The summed E-state index contributed by atoms with van der Waals surface area (Å²) in [4.78, 5) is 26.9. The number of nitrogen functional groups attached to an aromatic ring is 1. The molecule has 2 aromatic carbocycles. The smallest absolute Gasteiger partial charge is 0.354 e. The molecular formula is C22H18N4O5S. The third-order valence-corrected chi connectivity index (χ3v) is 5.47. The Bertz CT molecular complexity index is 1390. The number of anilines is 1. The van der Waals surface area contributed by atoms with Crippen molar-refractivity contribution < 1.29 is 23.1 Å². The molecule has 0 bridgehead atoms. The quantitative estimate of drug-likeness (QED) is 0.334. The maximum Gasteiger partial charge on any atom is 0.354 e. The van der Waals surface area contributed by atoms with Gasteiger partial charge in [-0.05, 0) is 41.5 Å². The van der Waals surface area contributed by atoms with E-state index in [2.05, 4.69) is 16.8 Å². The van der Waals surface area contributed by atoms with Crippen LogP contribution in [0.25, 0.3) is 11.1 Å². The van der Waals surface area contributed by atoms with Gasteiger partial charge in [0.15, 0.2) is 5.69 Å². The molecule has 0 atom stereocenters. The van der Waals surface area contributed by atoms with Crippen LogP contribution in [0.1, 0.15) is 32.0 Å². The van der Waals surface area contributed by atoms with Crippen LogP contribution in [-0.2, 0) is 16.4 Å². The Hall–Kier alpha value is -4.20. The van der Waals surface area contributed by atoms with Crippen molar-refractivity contribution in [2.45, 2.75) is 11.3 Å². The number of primary amides is 1. The Morgan fingerprint density at radius 2 is 1.78 bits per heavy atom. The van der Waals surface area contributed by atoms with E-state index in [0.29, 0.717) is 22.3 Å². The van der Waals surface area contributed by atoms with Crippen molar-refractivity contribution in [2.24, 2.45) is 10.9 Å². The zero-order valence-electron chi connectivity index (χ0n) is 16.6. The van der Waals surface area contributed by atoms with Gasteiger partial charge in [0.25, 0.3) is 5.91 Å². The highest BCUT2D eigenvalue weighted by molar-refractivity contribution is 7.89. The lowest BCUT2D eigenvalue weighted by molar-refractivity contribution is 0.0689. The highest BCUT2D eigenvalue weighted by Crippen LogP contribution is 2.31. The molecule has 0 radical (unpaired) electrons. The monoisotopic (exact) mass is 450 g/mol. The van der Waals surface area contributed by atoms with Gasteiger partial charge in [0.05, 0.1) is 16.1 Å². The summed E-state index contributed by atoms with van der Waals surface area (Å²) in [6.45, 7) is 0. The number of benzene rings is 2. The number of carboxylic acids is 1. The highest BCUT2D eigenvalue weighted by atomic mass is 32.2. The van der Waals surface area contributed by atoms with Gasteiger partial charge in [-0.3, -0.25) is 4.79 Å². The van der Waals surface area contributed by atoms with Crippen LogP contribution < -0.4 is 16.6 Å². The molecule has 0 fully saturated rings. The molecule has 162 valence electrons. The number of amides is 1. The molecule has 1 aromatic heterocycles. The van der Waals surface area contributed by atoms with Gasteiger partial charge in [-0.1, -0.05) is 30.0 Å². The Morgan fingerprint density at radius 3 is 2.38 bits per heavy atom. The Kier molecular flexibility index (Phi) is 6.25. The normalized spacial score (nSPS) is 10.8. The second-order valence-corrected chi connectivity index (χ2v) is 8.27. The minimum Gasteiger partial charge on any atom is -0.477 e. The summed E-state index contributed by atoms with van der Waals surface area (Å²) in [6, 6.07) is 11.9. The summed E-state index contributed by atoms with van der Waals surface area (Å²) < 4.78 is 23.0. The van der Waals surface area contributed by atoms with Gasteiger partial charge >= 0.3 is 5.97 Å². The van der Waals surface area contributed by atoms with Gasteiger partial charge in [0, 0.05) is 23.7 Å². The Balaban J connectivity index is 2.03. The summed E-state index contributed by atoms with van der Waals surface area (Å²) in [7, 11) is -3.86. The number of hydrogen-bond donors (Lipinski definition) is 4. The first-order valence-electron chi connectivity index (χ1n) is 9.10. The first-order chi connectivity index (χ1) is 15.1. The number of sulfonamides is 1. The van der Waals surface area contributed by atoms with E-state index >= 15 is 0 Å². The number of aromatic carboxylic acids is 1. The van der Waals surface area contributed by atoms with E-state index in [-0.39, 0.29) is 28.3 Å². The fraction of sp³-hybridized carbons (Fsp3) is 0.0455. The predicted octanol–water partition coefficient (Wildman–Crippen LogP) is 1.37. The van der Waals surface area contributed by atoms with Crippen LogP contribution in [-0.4, -0.2) is 30.4 Å². The molecule has 0 unspecified atom stereocenters. The Labute approximate surface area is 183 Å². The molecule has 0 spiro atoms. The maximum atomic E-state index is 11.9. The number of nitrogens with two attached hydrogens (primary N) is 3. The fourth-order valence-corrected chi connectivity index (χ4v) is 3.52. The van der Waals surface area contributed by atoms with Crippen LogP contribution >= 0.6 is 0 Å². The van der Waals surface area contributed by atoms with E-state index in [0.717, 1.165) is 0 Å². The number of carbonyl (C=O) groups is 2. The van der Waals surface area contributed by atoms with Gasteiger partial charge in [-0.25, -0.2) is 23.3 Å². The number of hydrogen-bond acceptors (Lipinski definition) is 6. The van der Waals surface area contributed by atoms with Crippen LogP contribution in [0, 0.1) is 11.8 Å². The molecule has 0 aliphatic carbocycles. The van der Waals surface area contributed by atoms with Gasteiger partial charge < -0.3 is 16.6 Å². The van der Waals surface area contributed by atoms with Crippen LogP contribution in [0.5, 0.6) is 0 Å². The van der Waals surface area contributed by atoms with Crippen molar-refractivity contribution in [2.75, 3.05) is 5.73 Å². The predicted molar refractivity (Wildman–Crippen MR) is 118 cm³/mol. The molecule has 1 heterocycles. The zero-order chi connectivity index (χ0) is 23.5. The van der Waals surface area contributed by atoms with Crippen molar-refractivity contribution in [1.29, 1.82) is 0 Å². The van der Waals surface area contributed by atoms with Crippen molar-refractivity contribution in [3.05, 3.63) is 77.1 Å². The first-order valence-corrected chi connectivity index (χ1v) is 10.6. The van der Waals surface area contributed by atoms with Gasteiger partial charge in [-0.2, -0.15) is 0 Å². The molecule has 3 aromatic rings. The number of rotatable bonds is 5. The zero-order valence-corrected chi connectivity index (χ0v) is 17.4. The summed E-state index contributed by atoms with van der Waals surface area (Å²) >= 11 is 0. The topological polar surface area (TPSA) is 179 Å². The van der Waals surface area contributed by atoms with Gasteiger partial charge in [0.1, 0.15) is 0 Å². The molecule has 32 heavy (non-hydrogen) atoms. The highest BCUT2D eigenvalue weighted by Gasteiger charge is 2.15. The minimum absolute atomic E-state index is 0.0509. The number of aromatic nitrogens is 1. The van der Waals surface area contributed by atoms with Crippen LogP contribution in [0.4, 0.5) is 5.69 Å². The van der Waals surface area contributed by atoms with E-state index in [1.807, 2.05) is 0 Å². The SMILES string of the molecule is NC(=O)c1cc(C#CCc2cccnc2C(=O)O)cc(-c2ccc(S(N)(=O)=O)cc2)c1N. The van der Waals surface area contributed by atoms with E-state index in [9.17, 15) is 23.1 Å². The second kappa shape index (κ2) is 8.89. The lowest BCUT2D eigenvalue weighted by Gasteiger charge is -2.11. The molecule has 0 saturated heterocycles. The maximum absolute atomic E-state index is 11.9. The first kappa shape index (κ1) is 22.5. The molecule has 7 N–H and O–H groups in total. The molecule has 9 nitrogen and oxygen atoms in total. The van der Waals surface area contributed by atoms with Crippen molar-refractivity contribution in [3.63, 3.8) is 0 Å². The largest absolute Gasteiger partial charge is 0.477 e. The van der Waals surface area contributed by atoms with Crippen molar-refractivity contribution in [3.8, 4) is 23.0 Å². The number of carboxylic acid groups (broad SMARTS) is 1. The number of primary sulfonamides is 1. The Morgan fingerprint density at radius 1 is 1.09 bits per heavy atom. The number of carbonyl (C=O) groups excluding carboxylic acids is 1. The van der Waals surface area contributed by atoms with Crippen molar-refractivity contribution >= 4 is 27.6 Å². The van der Waals surface area contributed by atoms with Gasteiger partial charge in [-0.15, -0.1) is 0 Å². The lowest BCUT2D eigenvalue weighted by atomic mass is 9.96. The molecule has 0 aliphatic heterocycles. The number of pyridine rings is 1. The third-order valence-electron chi connectivity index (χ3n) is 4.54. The average molecular weight is 450 g/mol. The second-order valence-electron chi connectivity index (χ2n) is 6.71. The van der Waals surface area contributed by atoms with E-state index in [1.165, 1.54) is 36.5 Å². The summed E-state index contributed by atoms with van der Waals surface area (Å²) in [6.07, 6.45) is 1.50. The molecule has 3 rings (SSSR count). The average Bonchev–Trinajstić information content (AvgIpc) is 2.74. The molecule has 10 heteroatoms. The number of nitrogens with zero attached hydrogens (tertiary/aromatic N) is 1. The summed E-state index contributed by atoms with van der Waals surface area (Å²) in [5, 5.41) is 14.3. The standard InChI is InChI=1S/C22H18N4O5S/c23-19-17(14-6-8-16(9-7-14)32(25,30)31)11-13(12-18(19)21(24)27)3-1-4-15-5-2-10-26-20(15)22(28)29/h2,5-12H,4,23H2,(H2,24,27)(H,28,29)(H2,25,30,31). The lowest BCUT2D eigenvalue weighted by Crippen LogP contribution is -2.14. The van der Waals surface area contributed by atoms with Crippen LogP contribution in [0.3, 0.4) is 0 Å². The van der Waals surface area contributed by atoms with E-state index in [1.54, 1.807) is 18.2 Å². The molecular weight excluding hydrogens is 432 g/mol.